The van der Waals surface area contributed by atoms with Gasteiger partial charge in [-0.05, 0) is 31.4 Å². The summed E-state index contributed by atoms with van der Waals surface area (Å²) >= 11 is 1.43. The largest absolute Gasteiger partial charge is 0.315 e. The first kappa shape index (κ1) is 17.5. The summed E-state index contributed by atoms with van der Waals surface area (Å²) in [6, 6.07) is 5.86. The van der Waals surface area contributed by atoms with Gasteiger partial charge < -0.3 is 4.90 Å². The van der Waals surface area contributed by atoms with Crippen molar-refractivity contribution in [3.63, 3.8) is 0 Å². The molecule has 2 atom stereocenters. The van der Waals surface area contributed by atoms with Gasteiger partial charge >= 0.3 is 0 Å². The number of hydrogen-bond acceptors (Lipinski definition) is 4. The van der Waals surface area contributed by atoms with E-state index in [0.29, 0.717) is 11.6 Å². The summed E-state index contributed by atoms with van der Waals surface area (Å²) in [5.41, 5.74) is 3.12. The number of sulfone groups is 1. The molecule has 2 unspecified atom stereocenters. The van der Waals surface area contributed by atoms with Crippen LogP contribution in [0.2, 0.25) is 0 Å². The van der Waals surface area contributed by atoms with Crippen molar-refractivity contribution in [2.45, 2.75) is 44.9 Å². The van der Waals surface area contributed by atoms with Gasteiger partial charge in [0.15, 0.2) is 15.0 Å². The van der Waals surface area contributed by atoms with E-state index in [1.165, 1.54) is 11.8 Å². The van der Waals surface area contributed by atoms with E-state index in [0.717, 1.165) is 23.2 Å². The predicted octanol–water partition coefficient (Wildman–Crippen LogP) is 2.70. The topological polar surface area (TPSA) is 66.8 Å². The lowest BCUT2D eigenvalue weighted by atomic mass is 10.1. The standard InChI is InChI=1S/C17H22N2O3S2/c1-4-6-15(20)18-17-19(16-11(2)7-5-8-12(16)3)13-9-24(21,22)10-14(13)23-17/h5,7-8,13-14H,4,6,9-10H2,1-3H3. The number of rotatable bonds is 3. The Hall–Kier alpha value is -1.34. The molecule has 2 fully saturated rings. The molecular weight excluding hydrogens is 344 g/mol. The first-order valence-electron chi connectivity index (χ1n) is 8.16. The number of amides is 1. The van der Waals surface area contributed by atoms with E-state index in [1.54, 1.807) is 0 Å². The zero-order valence-electron chi connectivity index (χ0n) is 14.2. The predicted molar refractivity (Wildman–Crippen MR) is 99.6 cm³/mol. The Morgan fingerprint density at radius 3 is 2.58 bits per heavy atom. The summed E-state index contributed by atoms with van der Waals surface area (Å²) in [5, 5.41) is 0.595. The molecule has 0 aliphatic carbocycles. The van der Waals surface area contributed by atoms with E-state index >= 15 is 0 Å². The highest BCUT2D eigenvalue weighted by atomic mass is 32.2. The zero-order chi connectivity index (χ0) is 17.5. The van der Waals surface area contributed by atoms with Gasteiger partial charge in [0.2, 0.25) is 5.91 Å². The third kappa shape index (κ3) is 3.24. The molecule has 0 aromatic heterocycles. The minimum absolute atomic E-state index is 0.0535. The zero-order valence-corrected chi connectivity index (χ0v) is 15.8. The minimum Gasteiger partial charge on any atom is -0.315 e. The molecule has 5 nitrogen and oxygen atoms in total. The van der Waals surface area contributed by atoms with Crippen molar-refractivity contribution in [1.82, 2.24) is 0 Å². The first-order chi connectivity index (χ1) is 11.3. The minimum atomic E-state index is -3.04. The van der Waals surface area contributed by atoms with E-state index in [2.05, 4.69) is 4.99 Å². The van der Waals surface area contributed by atoms with Gasteiger partial charge in [-0.3, -0.25) is 4.79 Å². The number of aryl methyl sites for hydroxylation is 2. The molecular formula is C17H22N2O3S2. The molecule has 1 aromatic carbocycles. The van der Waals surface area contributed by atoms with Crippen molar-refractivity contribution < 1.29 is 13.2 Å². The molecule has 0 radical (unpaired) electrons. The average Bonchev–Trinajstić information content (AvgIpc) is 2.92. The summed E-state index contributed by atoms with van der Waals surface area (Å²) in [4.78, 5) is 18.4. The molecule has 2 heterocycles. The fraction of sp³-hybridized carbons (Fsp3) is 0.529. The Morgan fingerprint density at radius 2 is 1.96 bits per heavy atom. The SMILES string of the molecule is CCCC(=O)N=C1SC2CS(=O)(=O)CC2N1c1c(C)cccc1C. The van der Waals surface area contributed by atoms with Crippen LogP contribution in [0.1, 0.15) is 30.9 Å². The van der Waals surface area contributed by atoms with Crippen LogP contribution >= 0.6 is 11.8 Å². The van der Waals surface area contributed by atoms with Crippen molar-refractivity contribution >= 4 is 38.4 Å². The molecule has 0 spiro atoms. The lowest BCUT2D eigenvalue weighted by Gasteiger charge is -2.27. The van der Waals surface area contributed by atoms with E-state index in [9.17, 15) is 13.2 Å². The maximum Gasteiger partial charge on any atom is 0.248 e. The van der Waals surface area contributed by atoms with Gasteiger partial charge in [0, 0.05) is 17.4 Å². The molecule has 1 amide bonds. The lowest BCUT2D eigenvalue weighted by molar-refractivity contribution is -0.117. The highest BCUT2D eigenvalue weighted by molar-refractivity contribution is 8.16. The molecule has 1 aromatic rings. The van der Waals surface area contributed by atoms with E-state index in [-0.39, 0.29) is 28.7 Å². The number of anilines is 1. The Morgan fingerprint density at radius 1 is 1.29 bits per heavy atom. The van der Waals surface area contributed by atoms with Gasteiger partial charge in [0.05, 0.1) is 17.5 Å². The second-order valence-corrected chi connectivity index (χ2v) is 9.81. The van der Waals surface area contributed by atoms with E-state index in [1.807, 2.05) is 43.9 Å². The summed E-state index contributed by atoms with van der Waals surface area (Å²) in [6.45, 7) is 5.97. The van der Waals surface area contributed by atoms with Crippen LogP contribution < -0.4 is 4.90 Å². The Balaban J connectivity index is 2.07. The molecule has 7 heteroatoms. The number of thioether (sulfide) groups is 1. The summed E-state index contributed by atoms with van der Waals surface area (Å²) in [6.07, 6.45) is 1.17. The number of carbonyl (C=O) groups excluding carboxylic acids is 1. The van der Waals surface area contributed by atoms with Gasteiger partial charge in [-0.2, -0.15) is 4.99 Å². The van der Waals surface area contributed by atoms with Crippen LogP contribution in [0, 0.1) is 13.8 Å². The fourth-order valence-electron chi connectivity index (χ4n) is 3.39. The molecule has 24 heavy (non-hydrogen) atoms. The van der Waals surface area contributed by atoms with Crippen LogP contribution in [0.4, 0.5) is 5.69 Å². The van der Waals surface area contributed by atoms with Gasteiger partial charge in [-0.1, -0.05) is 36.9 Å². The van der Waals surface area contributed by atoms with E-state index < -0.39 is 9.84 Å². The third-order valence-corrected chi connectivity index (χ3v) is 7.64. The van der Waals surface area contributed by atoms with E-state index in [4.69, 9.17) is 0 Å². The number of fused-ring (bicyclic) bond motifs is 1. The second-order valence-electron chi connectivity index (χ2n) is 6.45. The third-order valence-electron chi connectivity index (χ3n) is 4.43. The van der Waals surface area contributed by atoms with Crippen molar-refractivity contribution in [1.29, 1.82) is 0 Å². The Kier molecular flexibility index (Phi) is 4.75. The van der Waals surface area contributed by atoms with Crippen LogP contribution in [-0.4, -0.2) is 42.3 Å². The number of aliphatic imine (C=N–C) groups is 1. The molecule has 0 saturated carbocycles. The van der Waals surface area contributed by atoms with Crippen LogP contribution in [0.15, 0.2) is 23.2 Å². The van der Waals surface area contributed by atoms with Gasteiger partial charge in [0.25, 0.3) is 0 Å². The average molecular weight is 367 g/mol. The molecule has 0 N–H and O–H groups in total. The van der Waals surface area contributed by atoms with Gasteiger partial charge in [-0.15, -0.1) is 0 Å². The van der Waals surface area contributed by atoms with Crippen LogP contribution in [0.3, 0.4) is 0 Å². The highest BCUT2D eigenvalue weighted by Gasteiger charge is 2.49. The fourth-order valence-corrected chi connectivity index (χ4v) is 7.31. The molecule has 2 saturated heterocycles. The first-order valence-corrected chi connectivity index (χ1v) is 10.9. The van der Waals surface area contributed by atoms with Crippen molar-refractivity contribution in [3.05, 3.63) is 29.3 Å². The molecule has 130 valence electrons. The van der Waals surface area contributed by atoms with Crippen LogP contribution in [-0.2, 0) is 14.6 Å². The van der Waals surface area contributed by atoms with Crippen molar-refractivity contribution in [2.24, 2.45) is 4.99 Å². The Bertz CT molecular complexity index is 782. The molecule has 3 rings (SSSR count). The molecule has 0 bridgehead atoms. The Labute approximate surface area is 147 Å². The summed E-state index contributed by atoms with van der Waals surface area (Å²) in [7, 11) is -3.04. The quantitative estimate of drug-likeness (QED) is 0.823. The number of hydrogen-bond donors (Lipinski definition) is 0. The highest BCUT2D eigenvalue weighted by Crippen LogP contribution is 2.43. The summed E-state index contributed by atoms with van der Waals surface area (Å²) < 4.78 is 24.2. The number of amidine groups is 1. The maximum absolute atomic E-state index is 12.1. The van der Waals surface area contributed by atoms with Crippen LogP contribution in [0.25, 0.3) is 0 Å². The van der Waals surface area contributed by atoms with Crippen LogP contribution in [0.5, 0.6) is 0 Å². The number of nitrogens with zero attached hydrogens (tertiary/aromatic N) is 2. The van der Waals surface area contributed by atoms with Crippen molar-refractivity contribution in [2.75, 3.05) is 16.4 Å². The summed E-state index contributed by atoms with van der Waals surface area (Å²) in [5.74, 6) is 0.142. The van der Waals surface area contributed by atoms with Gasteiger partial charge in [-0.25, -0.2) is 8.42 Å². The number of para-hydroxylation sites is 1. The molecule has 2 aliphatic heterocycles. The smallest absolute Gasteiger partial charge is 0.248 e. The number of carbonyl (C=O) groups is 1. The van der Waals surface area contributed by atoms with Crippen molar-refractivity contribution in [3.8, 4) is 0 Å². The maximum atomic E-state index is 12.1. The second kappa shape index (κ2) is 6.52. The number of benzene rings is 1. The van der Waals surface area contributed by atoms with Gasteiger partial charge in [0.1, 0.15) is 0 Å². The lowest BCUT2D eigenvalue weighted by Crippen LogP contribution is -2.38. The normalized spacial score (nSPS) is 26.8. The monoisotopic (exact) mass is 366 g/mol. The molecule has 2 aliphatic rings.